The molecule has 12 heavy (non-hydrogen) atoms. The third kappa shape index (κ3) is 5.58. The molecule has 4 heteroatoms. The number of primary amides is 1. The predicted molar refractivity (Wildman–Crippen MR) is 46.9 cm³/mol. The van der Waals surface area contributed by atoms with Crippen molar-refractivity contribution < 1.29 is 9.53 Å². The van der Waals surface area contributed by atoms with Crippen molar-refractivity contribution in [2.75, 3.05) is 13.8 Å². The van der Waals surface area contributed by atoms with Crippen molar-refractivity contribution in [3.63, 3.8) is 0 Å². The summed E-state index contributed by atoms with van der Waals surface area (Å²) in [4.78, 5) is 11.9. The second-order valence-electron chi connectivity index (χ2n) is 2.89. The molecule has 4 nitrogen and oxygen atoms in total. The van der Waals surface area contributed by atoms with Gasteiger partial charge in [0.15, 0.2) is 6.73 Å². The van der Waals surface area contributed by atoms with Crippen LogP contribution in [0.5, 0.6) is 0 Å². The van der Waals surface area contributed by atoms with E-state index in [1.54, 1.807) is 20.1 Å². The summed E-state index contributed by atoms with van der Waals surface area (Å²) in [6, 6.07) is 0. The number of hydrogen-bond donors (Lipinski definition) is 1. The number of nitrogens with two attached hydrogens (primary N) is 1. The van der Waals surface area contributed by atoms with E-state index in [1.807, 2.05) is 18.1 Å². The maximum atomic E-state index is 9.92. The molecule has 0 unspecified atom stereocenters. The Morgan fingerprint density at radius 2 is 2.17 bits per heavy atom. The van der Waals surface area contributed by atoms with Gasteiger partial charge in [0, 0.05) is 19.2 Å². The van der Waals surface area contributed by atoms with Crippen LogP contribution in [0, 0.1) is 5.92 Å². The van der Waals surface area contributed by atoms with Gasteiger partial charge in [-0.15, -0.1) is 0 Å². The largest absolute Gasteiger partial charge is 0.479 e. The van der Waals surface area contributed by atoms with Crippen molar-refractivity contribution >= 4 is 5.91 Å². The number of hydrogen-bond acceptors (Lipinski definition) is 3. The zero-order chi connectivity index (χ0) is 9.56. The summed E-state index contributed by atoms with van der Waals surface area (Å²) in [6.45, 7) is 4.24. The van der Waals surface area contributed by atoms with Crippen molar-refractivity contribution in [2.45, 2.75) is 13.8 Å². The summed E-state index contributed by atoms with van der Waals surface area (Å²) in [7, 11) is 1.96. The monoisotopic (exact) mass is 172 g/mol. The molecule has 0 aromatic carbocycles. The summed E-state index contributed by atoms with van der Waals surface area (Å²) in [5.41, 5.74) is 4.80. The average Bonchev–Trinajstić information content (AvgIpc) is 2.40. The molecule has 1 rings (SSSR count). The summed E-state index contributed by atoms with van der Waals surface area (Å²) in [5.74, 6) is -0.250. The van der Waals surface area contributed by atoms with E-state index in [2.05, 4.69) is 0 Å². The first-order valence-corrected chi connectivity index (χ1v) is 3.82. The molecule has 2 N–H and O–H groups in total. The third-order valence-corrected chi connectivity index (χ3v) is 1.26. The van der Waals surface area contributed by atoms with Crippen molar-refractivity contribution in [1.29, 1.82) is 0 Å². The van der Waals surface area contributed by atoms with E-state index in [9.17, 15) is 4.79 Å². The van der Waals surface area contributed by atoms with Gasteiger partial charge in [0.1, 0.15) is 6.26 Å². The molecule has 0 atom stereocenters. The highest BCUT2D eigenvalue weighted by molar-refractivity contribution is 5.75. The minimum absolute atomic E-state index is 0.00926. The van der Waals surface area contributed by atoms with E-state index in [-0.39, 0.29) is 11.8 Å². The molecule has 0 bridgehead atoms. The zero-order valence-electron chi connectivity index (χ0n) is 7.78. The highest BCUT2D eigenvalue weighted by Crippen LogP contribution is 1.93. The van der Waals surface area contributed by atoms with Crippen LogP contribution in [-0.4, -0.2) is 24.6 Å². The highest BCUT2D eigenvalue weighted by Gasteiger charge is 1.96. The van der Waals surface area contributed by atoms with E-state index in [0.717, 1.165) is 0 Å². The third-order valence-electron chi connectivity index (χ3n) is 1.26. The number of ether oxygens (including phenoxy) is 1. The summed E-state index contributed by atoms with van der Waals surface area (Å²) < 4.78 is 4.80. The molecule has 70 valence electrons. The van der Waals surface area contributed by atoms with E-state index in [4.69, 9.17) is 10.5 Å². The van der Waals surface area contributed by atoms with Gasteiger partial charge < -0.3 is 15.4 Å². The normalized spacial score (nSPS) is 13.8. The Labute approximate surface area is 73.0 Å². The van der Waals surface area contributed by atoms with Crippen LogP contribution < -0.4 is 5.73 Å². The Bertz CT molecular complexity index is 166. The van der Waals surface area contributed by atoms with Crippen molar-refractivity contribution in [1.82, 2.24) is 4.90 Å². The van der Waals surface area contributed by atoms with Gasteiger partial charge in [-0.3, -0.25) is 4.79 Å². The van der Waals surface area contributed by atoms with E-state index < -0.39 is 0 Å². The van der Waals surface area contributed by atoms with Crippen LogP contribution in [0.15, 0.2) is 12.5 Å². The van der Waals surface area contributed by atoms with Crippen LogP contribution in [0.4, 0.5) is 0 Å². The van der Waals surface area contributed by atoms with Gasteiger partial charge in [-0.25, -0.2) is 0 Å². The molecule has 0 aliphatic carbocycles. The molecule has 1 amide bonds. The molecule has 0 aromatic rings. The number of rotatable bonds is 1. The Hall–Kier alpha value is -1.19. The van der Waals surface area contributed by atoms with E-state index >= 15 is 0 Å². The van der Waals surface area contributed by atoms with Gasteiger partial charge in [0.25, 0.3) is 0 Å². The molecule has 0 saturated heterocycles. The lowest BCUT2D eigenvalue weighted by atomic mass is 10.2. The number of nitrogens with zero attached hydrogens (tertiary/aromatic N) is 1. The second-order valence-corrected chi connectivity index (χ2v) is 2.89. The molecule has 0 fully saturated rings. The molecule has 0 saturated carbocycles. The standard InChI is InChI=1S/C4H7NO.C4H9NO/c1-5-2-3-6-4-5;1-3(2)4(5)6/h2-3H,4H2,1H3;3H,1-2H3,(H2,5,6). The van der Waals surface area contributed by atoms with Gasteiger partial charge in [-0.05, 0) is 0 Å². The van der Waals surface area contributed by atoms with E-state index in [0.29, 0.717) is 6.73 Å². The molecule has 1 heterocycles. The first-order chi connectivity index (χ1) is 5.54. The van der Waals surface area contributed by atoms with Crippen molar-refractivity contribution in [2.24, 2.45) is 11.7 Å². The fourth-order valence-electron chi connectivity index (χ4n) is 0.351. The van der Waals surface area contributed by atoms with Crippen LogP contribution in [0.2, 0.25) is 0 Å². The van der Waals surface area contributed by atoms with Gasteiger partial charge in [0.05, 0.1) is 0 Å². The first kappa shape index (κ1) is 10.8. The fraction of sp³-hybridized carbons (Fsp3) is 0.625. The Morgan fingerprint density at radius 3 is 2.25 bits per heavy atom. The Morgan fingerprint density at radius 1 is 1.67 bits per heavy atom. The van der Waals surface area contributed by atoms with Crippen LogP contribution in [0.1, 0.15) is 13.8 Å². The van der Waals surface area contributed by atoms with Crippen molar-refractivity contribution in [3.8, 4) is 0 Å². The molecule has 0 radical (unpaired) electrons. The lowest BCUT2D eigenvalue weighted by Crippen LogP contribution is -2.17. The summed E-state index contributed by atoms with van der Waals surface area (Å²) >= 11 is 0. The van der Waals surface area contributed by atoms with Gasteiger partial charge in [-0.1, -0.05) is 13.8 Å². The molecule has 0 spiro atoms. The lowest BCUT2D eigenvalue weighted by molar-refractivity contribution is -0.120. The number of carbonyl (C=O) groups excluding carboxylic acids is 1. The molecular weight excluding hydrogens is 156 g/mol. The first-order valence-electron chi connectivity index (χ1n) is 3.82. The summed E-state index contributed by atoms with van der Waals surface area (Å²) in [6.07, 6.45) is 3.57. The lowest BCUT2D eigenvalue weighted by Gasteiger charge is -2.00. The van der Waals surface area contributed by atoms with Gasteiger partial charge in [0.2, 0.25) is 5.91 Å². The molecule has 1 aliphatic rings. The van der Waals surface area contributed by atoms with Crippen LogP contribution >= 0.6 is 0 Å². The number of amides is 1. The SMILES string of the molecule is CC(C)C(N)=O.CN1C=COC1. The fourth-order valence-corrected chi connectivity index (χ4v) is 0.351. The smallest absolute Gasteiger partial charge is 0.219 e. The Balaban J connectivity index is 0.000000202. The highest BCUT2D eigenvalue weighted by atomic mass is 16.5. The minimum atomic E-state index is -0.241. The topological polar surface area (TPSA) is 55.6 Å². The van der Waals surface area contributed by atoms with Crippen molar-refractivity contribution in [3.05, 3.63) is 12.5 Å². The maximum Gasteiger partial charge on any atom is 0.219 e. The van der Waals surface area contributed by atoms with Crippen LogP contribution in [0.3, 0.4) is 0 Å². The predicted octanol–water partition coefficient (Wildman–Crippen LogP) is 0.505. The minimum Gasteiger partial charge on any atom is -0.479 e. The molecule has 1 aliphatic heterocycles. The van der Waals surface area contributed by atoms with Crippen LogP contribution in [-0.2, 0) is 9.53 Å². The number of carbonyl (C=O) groups is 1. The maximum absolute atomic E-state index is 9.92. The second kappa shape index (κ2) is 5.46. The summed E-state index contributed by atoms with van der Waals surface area (Å²) in [5, 5.41) is 0. The quantitative estimate of drug-likeness (QED) is 0.626. The Kier molecular flexibility index (Phi) is 4.92. The zero-order valence-corrected chi connectivity index (χ0v) is 7.78. The molecule has 0 aromatic heterocycles. The van der Waals surface area contributed by atoms with Gasteiger partial charge >= 0.3 is 0 Å². The molecular formula is C8H16N2O2. The average molecular weight is 172 g/mol. The van der Waals surface area contributed by atoms with E-state index in [1.165, 1.54) is 0 Å². The van der Waals surface area contributed by atoms with Gasteiger partial charge in [-0.2, -0.15) is 0 Å². The van der Waals surface area contributed by atoms with Crippen LogP contribution in [0.25, 0.3) is 0 Å².